The van der Waals surface area contributed by atoms with Gasteiger partial charge in [-0.25, -0.2) is 0 Å². The fourth-order valence-corrected chi connectivity index (χ4v) is 5.01. The molecule has 0 saturated carbocycles. The zero-order chi connectivity index (χ0) is 26.4. The van der Waals surface area contributed by atoms with Gasteiger partial charge in [0.1, 0.15) is 21.5 Å². The molecule has 0 atom stereocenters. The molecule has 4 N–H and O–H groups in total. The monoisotopic (exact) mass is 572 g/mol. The minimum Gasteiger partial charge on any atom is -0.507 e. The summed E-state index contributed by atoms with van der Waals surface area (Å²) in [4.78, 5) is 13.6. The zero-order valence-corrected chi connectivity index (χ0v) is 23.5. The van der Waals surface area contributed by atoms with Crippen molar-refractivity contribution >= 4 is 48.6 Å². The Morgan fingerprint density at radius 1 is 1.00 bits per heavy atom. The Labute approximate surface area is 223 Å². The first-order valence-corrected chi connectivity index (χ1v) is 13.5. The molecule has 0 aliphatic heterocycles. The summed E-state index contributed by atoms with van der Waals surface area (Å²) < 4.78 is 5.04. The van der Waals surface area contributed by atoms with Gasteiger partial charge in [0.05, 0.1) is 15.6 Å². The van der Waals surface area contributed by atoms with Gasteiger partial charge in [0.25, 0.3) is 5.56 Å². The number of phenolic OH excluding ortho intramolecular Hbond substituents is 3. The highest BCUT2D eigenvalue weighted by Gasteiger charge is 2.15. The number of fused-ring (bicyclic) bond motifs is 2. The molecule has 0 unspecified atom stereocenters. The number of nitrogens with one attached hydrogen (secondary N) is 1. The smallest absolute Gasteiger partial charge is 0.260 e. The van der Waals surface area contributed by atoms with Crippen LogP contribution in [0.3, 0.4) is 0 Å². The van der Waals surface area contributed by atoms with Gasteiger partial charge in [-0.1, -0.05) is 52.5 Å². The maximum absolute atomic E-state index is 13.6. The molecule has 2 aromatic carbocycles. The van der Waals surface area contributed by atoms with Crippen LogP contribution in [-0.2, 0) is 6.54 Å². The first-order valence-electron chi connectivity index (χ1n) is 11.9. The van der Waals surface area contributed by atoms with Crippen molar-refractivity contribution in [3.8, 4) is 17.2 Å². The molecule has 0 fully saturated rings. The standard InChI is InChI=1S/C28H33BrN2O4S/c1-17(2)8-5-9-18(3)10-6-11-19(4)14-15-31-21-16-23(33)24(29)26(34)25(21)30-36-27-20(28(31)35)12-7-13-22(27)32/h7-8,10,12-14,16,30,32-34H,5-6,9,11,15H2,1-4H3/b18-10+,19-14+. The van der Waals surface area contributed by atoms with E-state index in [1.807, 2.05) is 13.0 Å². The number of hydrogen-bond acceptors (Lipinski definition) is 5. The number of aromatic nitrogens is 2. The van der Waals surface area contributed by atoms with Crippen molar-refractivity contribution in [1.82, 2.24) is 8.94 Å². The summed E-state index contributed by atoms with van der Waals surface area (Å²) in [5.41, 5.74) is 4.11. The van der Waals surface area contributed by atoms with E-state index in [1.54, 1.807) is 12.1 Å². The SMILES string of the molecule is CC(C)=CCC/C(C)=C/CC/C(C)=C/Cn1c(=O)c2cccc(O)c2s[nH]c2c(O)c(Br)c(O)cc21. The van der Waals surface area contributed by atoms with Crippen molar-refractivity contribution in [2.75, 3.05) is 0 Å². The molecule has 0 aliphatic rings. The van der Waals surface area contributed by atoms with Crippen LogP contribution >= 0.6 is 27.5 Å². The first kappa shape index (κ1) is 27.6. The van der Waals surface area contributed by atoms with Crippen molar-refractivity contribution in [3.05, 3.63) is 74.0 Å². The molecule has 3 rings (SSSR count). The molecular formula is C28H33BrN2O4S. The molecule has 0 spiro atoms. The van der Waals surface area contributed by atoms with Crippen LogP contribution in [0.5, 0.6) is 17.2 Å². The summed E-state index contributed by atoms with van der Waals surface area (Å²) in [6.45, 7) is 8.65. The molecule has 0 bridgehead atoms. The second kappa shape index (κ2) is 12.3. The van der Waals surface area contributed by atoms with Crippen LogP contribution in [0, 0.1) is 0 Å². The van der Waals surface area contributed by atoms with Gasteiger partial charge in [-0.2, -0.15) is 0 Å². The van der Waals surface area contributed by atoms with Gasteiger partial charge in [0.15, 0.2) is 5.75 Å². The molecule has 36 heavy (non-hydrogen) atoms. The summed E-state index contributed by atoms with van der Waals surface area (Å²) in [6.07, 6.45) is 10.4. The third kappa shape index (κ3) is 6.62. The van der Waals surface area contributed by atoms with E-state index < -0.39 is 0 Å². The normalized spacial score (nSPS) is 12.2. The number of rotatable bonds is 8. The molecule has 3 aromatic rings. The summed E-state index contributed by atoms with van der Waals surface area (Å²) >= 11 is 4.22. The Balaban J connectivity index is 2.01. The van der Waals surface area contributed by atoms with E-state index in [0.717, 1.165) is 42.8 Å². The molecular weight excluding hydrogens is 540 g/mol. The van der Waals surface area contributed by atoms with Crippen LogP contribution < -0.4 is 5.56 Å². The Kier molecular flexibility index (Phi) is 9.45. The average Bonchev–Trinajstić information content (AvgIpc) is 2.81. The van der Waals surface area contributed by atoms with E-state index in [2.05, 4.69) is 53.2 Å². The van der Waals surface area contributed by atoms with Crippen molar-refractivity contribution in [2.24, 2.45) is 0 Å². The van der Waals surface area contributed by atoms with E-state index in [1.165, 1.54) is 27.8 Å². The van der Waals surface area contributed by atoms with Gasteiger partial charge in [-0.3, -0.25) is 4.79 Å². The lowest BCUT2D eigenvalue weighted by atomic mass is 10.1. The van der Waals surface area contributed by atoms with Crippen molar-refractivity contribution in [2.45, 2.75) is 59.9 Å². The second-order valence-electron chi connectivity index (χ2n) is 9.19. The van der Waals surface area contributed by atoms with E-state index in [0.29, 0.717) is 15.6 Å². The third-order valence-electron chi connectivity index (χ3n) is 5.96. The largest absolute Gasteiger partial charge is 0.507 e. The summed E-state index contributed by atoms with van der Waals surface area (Å²) in [5, 5.41) is 31.8. The van der Waals surface area contributed by atoms with Gasteiger partial charge >= 0.3 is 0 Å². The highest BCUT2D eigenvalue weighted by molar-refractivity contribution is 9.10. The average molecular weight is 574 g/mol. The van der Waals surface area contributed by atoms with Crippen molar-refractivity contribution < 1.29 is 15.3 Å². The lowest BCUT2D eigenvalue weighted by Crippen LogP contribution is -2.19. The highest BCUT2D eigenvalue weighted by Crippen LogP contribution is 2.38. The number of phenols is 3. The Hall–Kier alpha value is -2.97. The number of benzene rings is 2. The molecule has 0 radical (unpaired) electrons. The fourth-order valence-electron chi connectivity index (χ4n) is 3.86. The maximum Gasteiger partial charge on any atom is 0.260 e. The van der Waals surface area contributed by atoms with Gasteiger partial charge in [-0.05, 0) is 81.4 Å². The van der Waals surface area contributed by atoms with E-state index >= 15 is 0 Å². The third-order valence-corrected chi connectivity index (χ3v) is 7.68. The number of nitrogens with zero attached hydrogens (tertiary/aromatic N) is 1. The fraction of sp³-hybridized carbons (Fsp3) is 0.321. The Morgan fingerprint density at radius 3 is 2.36 bits per heavy atom. The molecule has 192 valence electrons. The van der Waals surface area contributed by atoms with Crippen LogP contribution in [0.2, 0.25) is 0 Å². The summed E-state index contributed by atoms with van der Waals surface area (Å²) in [6, 6.07) is 6.23. The van der Waals surface area contributed by atoms with E-state index in [-0.39, 0.29) is 39.3 Å². The molecule has 1 heterocycles. The van der Waals surface area contributed by atoms with Gasteiger partial charge in [0.2, 0.25) is 0 Å². The lowest BCUT2D eigenvalue weighted by Gasteiger charge is -2.11. The molecule has 0 amide bonds. The number of aromatic amines is 1. The summed E-state index contributed by atoms with van der Waals surface area (Å²) in [5.74, 6) is -0.428. The number of H-pyrrole nitrogens is 1. The predicted molar refractivity (Wildman–Crippen MR) is 154 cm³/mol. The number of allylic oxidation sites excluding steroid dienone is 6. The molecule has 0 aliphatic carbocycles. The van der Waals surface area contributed by atoms with Gasteiger partial charge < -0.3 is 24.3 Å². The van der Waals surface area contributed by atoms with Crippen LogP contribution in [0.25, 0.3) is 21.1 Å². The maximum atomic E-state index is 13.6. The lowest BCUT2D eigenvalue weighted by molar-refractivity contribution is 0.448. The van der Waals surface area contributed by atoms with Crippen LogP contribution in [0.4, 0.5) is 0 Å². The Bertz CT molecular complexity index is 1470. The summed E-state index contributed by atoms with van der Waals surface area (Å²) in [7, 11) is 0. The predicted octanol–water partition coefficient (Wildman–Crippen LogP) is 7.97. The Morgan fingerprint density at radius 2 is 1.67 bits per heavy atom. The zero-order valence-electron chi connectivity index (χ0n) is 21.1. The van der Waals surface area contributed by atoms with Crippen molar-refractivity contribution in [3.63, 3.8) is 0 Å². The minimum atomic E-state index is -0.337. The molecule has 8 heteroatoms. The first-order chi connectivity index (χ1) is 17.1. The second-order valence-corrected chi connectivity index (χ2v) is 10.8. The topological polar surface area (TPSA) is 98.5 Å². The van der Waals surface area contributed by atoms with Crippen LogP contribution in [0.15, 0.2) is 68.5 Å². The van der Waals surface area contributed by atoms with Crippen LogP contribution in [0.1, 0.15) is 53.4 Å². The number of hydrogen-bond donors (Lipinski definition) is 4. The van der Waals surface area contributed by atoms with Gasteiger partial charge in [-0.15, -0.1) is 0 Å². The molecule has 6 nitrogen and oxygen atoms in total. The molecule has 0 saturated heterocycles. The van der Waals surface area contributed by atoms with Gasteiger partial charge in [0, 0.05) is 12.6 Å². The van der Waals surface area contributed by atoms with E-state index in [4.69, 9.17) is 0 Å². The van der Waals surface area contributed by atoms with E-state index in [9.17, 15) is 20.1 Å². The minimum absolute atomic E-state index is 0.0300. The number of aromatic hydroxyl groups is 3. The highest BCUT2D eigenvalue weighted by atomic mass is 79.9. The quantitative estimate of drug-likeness (QED) is 0.206. The molecule has 1 aromatic heterocycles. The van der Waals surface area contributed by atoms with Crippen molar-refractivity contribution in [1.29, 1.82) is 0 Å². The number of halogens is 1. The van der Waals surface area contributed by atoms with Crippen LogP contribution in [-0.4, -0.2) is 24.3 Å².